The summed E-state index contributed by atoms with van der Waals surface area (Å²) in [6.07, 6.45) is 1.20. The van der Waals surface area contributed by atoms with Crippen LogP contribution in [0.15, 0.2) is 6.20 Å². The molecule has 6 heteroatoms. The third-order valence-corrected chi connectivity index (χ3v) is 1.41. The first kappa shape index (κ1) is 10.2. The number of aryl methyl sites for hydroxylation is 1. The van der Waals surface area contributed by atoms with E-state index >= 15 is 0 Å². The molecule has 0 bridgehead atoms. The molecule has 1 aromatic heterocycles. The van der Waals surface area contributed by atoms with Crippen molar-refractivity contribution in [2.45, 2.75) is 6.92 Å². The molecule has 0 aliphatic heterocycles. The van der Waals surface area contributed by atoms with E-state index in [0.717, 1.165) is 0 Å². The lowest BCUT2D eigenvalue weighted by atomic mass is 10.5. The fraction of sp³-hybridized carbons (Fsp3) is 0.375. The van der Waals surface area contributed by atoms with Gasteiger partial charge in [0.2, 0.25) is 0 Å². The first-order chi connectivity index (χ1) is 6.63. The van der Waals surface area contributed by atoms with Gasteiger partial charge in [-0.3, -0.25) is 0 Å². The van der Waals surface area contributed by atoms with Crippen molar-refractivity contribution in [1.29, 1.82) is 0 Å². The van der Waals surface area contributed by atoms with Crippen LogP contribution in [0.3, 0.4) is 0 Å². The molecule has 0 spiro atoms. The summed E-state index contributed by atoms with van der Waals surface area (Å²) in [6, 6.07) is 0. The summed E-state index contributed by atoms with van der Waals surface area (Å²) >= 11 is 0. The number of methoxy groups -OCH3 is 1. The number of rotatable bonds is 3. The van der Waals surface area contributed by atoms with Gasteiger partial charge in [0.1, 0.15) is 5.82 Å². The lowest BCUT2D eigenvalue weighted by Crippen LogP contribution is -2.13. The van der Waals surface area contributed by atoms with Gasteiger partial charge in [0.05, 0.1) is 13.3 Å². The average Bonchev–Trinajstić information content (AvgIpc) is 2.19. The Kier molecular flexibility index (Phi) is 3.22. The Hall–Kier alpha value is -1.85. The molecule has 1 aromatic rings. The predicted molar refractivity (Wildman–Crippen MR) is 45.9 cm³/mol. The fourth-order valence-corrected chi connectivity index (χ4v) is 0.735. The van der Waals surface area contributed by atoms with Crippen LogP contribution in [0.1, 0.15) is 5.82 Å². The molecular formula is C8H10N2O4. The zero-order valence-electron chi connectivity index (χ0n) is 7.85. The second kappa shape index (κ2) is 4.40. The first-order valence-corrected chi connectivity index (χ1v) is 3.85. The minimum atomic E-state index is -0.541. The molecule has 76 valence electrons. The van der Waals surface area contributed by atoms with Crippen LogP contribution in [0.5, 0.6) is 11.6 Å². The van der Waals surface area contributed by atoms with Crippen molar-refractivity contribution in [1.82, 2.24) is 9.97 Å². The second-order valence-electron chi connectivity index (χ2n) is 2.47. The van der Waals surface area contributed by atoms with Gasteiger partial charge in [-0.05, 0) is 6.92 Å². The zero-order valence-corrected chi connectivity index (χ0v) is 7.85. The van der Waals surface area contributed by atoms with Gasteiger partial charge in [0.15, 0.2) is 12.4 Å². The van der Waals surface area contributed by atoms with Crippen molar-refractivity contribution in [3.8, 4) is 11.6 Å². The lowest BCUT2D eigenvalue weighted by Gasteiger charge is -2.05. The van der Waals surface area contributed by atoms with E-state index in [1.807, 2.05) is 0 Å². The summed E-state index contributed by atoms with van der Waals surface area (Å²) in [5.74, 6) is -0.328. The molecule has 14 heavy (non-hydrogen) atoms. The average molecular weight is 198 g/mol. The van der Waals surface area contributed by atoms with Gasteiger partial charge in [0, 0.05) is 0 Å². The number of carbonyl (C=O) groups is 1. The minimum absolute atomic E-state index is 0.0251. The summed E-state index contributed by atoms with van der Waals surface area (Å²) in [4.78, 5) is 18.2. The van der Waals surface area contributed by atoms with E-state index in [9.17, 15) is 9.90 Å². The summed E-state index contributed by atoms with van der Waals surface area (Å²) in [5, 5.41) is 9.22. The van der Waals surface area contributed by atoms with E-state index in [-0.39, 0.29) is 18.2 Å². The summed E-state index contributed by atoms with van der Waals surface area (Å²) < 4.78 is 9.25. The number of hydrogen-bond donors (Lipinski definition) is 1. The highest BCUT2D eigenvalue weighted by molar-refractivity contribution is 5.70. The molecule has 0 radical (unpaired) electrons. The van der Waals surface area contributed by atoms with Crippen LogP contribution in [0.4, 0.5) is 0 Å². The second-order valence-corrected chi connectivity index (χ2v) is 2.47. The lowest BCUT2D eigenvalue weighted by molar-refractivity contribution is -0.143. The molecule has 0 aromatic carbocycles. The number of esters is 1. The molecule has 0 unspecified atom stereocenters. The highest BCUT2D eigenvalue weighted by Crippen LogP contribution is 2.20. The molecule has 0 saturated heterocycles. The highest BCUT2D eigenvalue weighted by Gasteiger charge is 2.08. The van der Waals surface area contributed by atoms with Gasteiger partial charge in [0.25, 0.3) is 5.88 Å². The van der Waals surface area contributed by atoms with E-state index in [4.69, 9.17) is 4.74 Å². The molecule has 0 aliphatic rings. The topological polar surface area (TPSA) is 81.5 Å². The number of nitrogens with zero attached hydrogens (tertiary/aromatic N) is 2. The number of hydrogen-bond acceptors (Lipinski definition) is 6. The molecule has 1 rings (SSSR count). The standard InChI is InChI=1S/C8H10N2O4/c1-5-9-3-6(11)8(10-5)14-4-7(12)13-2/h3,11H,4H2,1-2H3. The van der Waals surface area contributed by atoms with Gasteiger partial charge in [-0.2, -0.15) is 4.98 Å². The number of aromatic nitrogens is 2. The summed E-state index contributed by atoms with van der Waals surface area (Å²) in [7, 11) is 1.25. The van der Waals surface area contributed by atoms with E-state index in [2.05, 4.69) is 14.7 Å². The van der Waals surface area contributed by atoms with E-state index in [1.54, 1.807) is 6.92 Å². The van der Waals surface area contributed by atoms with Crippen LogP contribution >= 0.6 is 0 Å². The van der Waals surface area contributed by atoms with Gasteiger partial charge in [-0.15, -0.1) is 0 Å². The maximum atomic E-state index is 10.7. The van der Waals surface area contributed by atoms with Crippen LogP contribution in [0.2, 0.25) is 0 Å². The molecule has 6 nitrogen and oxygen atoms in total. The highest BCUT2D eigenvalue weighted by atomic mass is 16.6. The molecule has 0 atom stereocenters. The predicted octanol–water partition coefficient (Wildman–Crippen LogP) is 0.0424. The van der Waals surface area contributed by atoms with Gasteiger partial charge < -0.3 is 14.6 Å². The number of aromatic hydroxyl groups is 1. The third-order valence-electron chi connectivity index (χ3n) is 1.41. The summed E-state index contributed by atoms with van der Waals surface area (Å²) in [6.45, 7) is 1.35. The zero-order chi connectivity index (χ0) is 10.6. The normalized spacial score (nSPS) is 9.57. The molecule has 1 heterocycles. The molecule has 0 aliphatic carbocycles. The number of carbonyl (C=O) groups excluding carboxylic acids is 1. The molecule has 0 amide bonds. The van der Waals surface area contributed by atoms with E-state index in [0.29, 0.717) is 5.82 Å². The number of ether oxygens (including phenoxy) is 2. The molecular weight excluding hydrogens is 188 g/mol. The Morgan fingerprint density at radius 3 is 3.00 bits per heavy atom. The van der Waals surface area contributed by atoms with Crippen LogP contribution in [-0.2, 0) is 9.53 Å². The largest absolute Gasteiger partial charge is 0.502 e. The molecule has 0 fully saturated rings. The maximum absolute atomic E-state index is 10.7. The van der Waals surface area contributed by atoms with Crippen molar-refractivity contribution in [3.63, 3.8) is 0 Å². The van der Waals surface area contributed by atoms with Crippen molar-refractivity contribution in [3.05, 3.63) is 12.0 Å². The Morgan fingerprint density at radius 2 is 2.36 bits per heavy atom. The quantitative estimate of drug-likeness (QED) is 0.690. The SMILES string of the molecule is COC(=O)COc1nc(C)ncc1O. The van der Waals surface area contributed by atoms with E-state index < -0.39 is 5.97 Å². The van der Waals surface area contributed by atoms with Crippen LogP contribution in [-0.4, -0.2) is 34.8 Å². The van der Waals surface area contributed by atoms with Crippen LogP contribution in [0.25, 0.3) is 0 Å². The van der Waals surface area contributed by atoms with Gasteiger partial charge in [-0.1, -0.05) is 0 Å². The Balaban J connectivity index is 2.66. The van der Waals surface area contributed by atoms with E-state index in [1.165, 1.54) is 13.3 Å². The maximum Gasteiger partial charge on any atom is 0.343 e. The van der Waals surface area contributed by atoms with Gasteiger partial charge >= 0.3 is 5.97 Å². The van der Waals surface area contributed by atoms with Crippen LogP contribution < -0.4 is 4.74 Å². The summed E-state index contributed by atoms with van der Waals surface area (Å²) in [5.41, 5.74) is 0. The molecule has 1 N–H and O–H groups in total. The first-order valence-electron chi connectivity index (χ1n) is 3.85. The van der Waals surface area contributed by atoms with Gasteiger partial charge in [-0.25, -0.2) is 9.78 Å². The van der Waals surface area contributed by atoms with Crippen molar-refractivity contribution < 1.29 is 19.4 Å². The minimum Gasteiger partial charge on any atom is -0.502 e. The Bertz CT molecular complexity index is 340. The Morgan fingerprint density at radius 1 is 1.64 bits per heavy atom. The molecule has 0 saturated carbocycles. The smallest absolute Gasteiger partial charge is 0.343 e. The third kappa shape index (κ3) is 2.58. The fourth-order valence-electron chi connectivity index (χ4n) is 0.735. The monoisotopic (exact) mass is 198 g/mol. The van der Waals surface area contributed by atoms with Crippen molar-refractivity contribution in [2.24, 2.45) is 0 Å². The Labute approximate surface area is 80.5 Å². The van der Waals surface area contributed by atoms with Crippen LogP contribution in [0, 0.1) is 6.92 Å². The van der Waals surface area contributed by atoms with Crippen molar-refractivity contribution >= 4 is 5.97 Å². The van der Waals surface area contributed by atoms with Crippen molar-refractivity contribution in [2.75, 3.05) is 13.7 Å².